The Hall–Kier alpha value is -1.59. The summed E-state index contributed by atoms with van der Waals surface area (Å²) in [5.41, 5.74) is 2.14. The zero-order chi connectivity index (χ0) is 14.8. The summed E-state index contributed by atoms with van der Waals surface area (Å²) < 4.78 is 24.6. The van der Waals surface area contributed by atoms with Crippen molar-refractivity contribution in [3.8, 4) is 11.5 Å². The SMILES string of the molecule is CC(NCc1cc2c(cc1Br)OCO2)c1ccc(F)cc1. The van der Waals surface area contributed by atoms with Gasteiger partial charge in [0.25, 0.3) is 0 Å². The maximum Gasteiger partial charge on any atom is 0.231 e. The van der Waals surface area contributed by atoms with Gasteiger partial charge in [0.1, 0.15) is 5.82 Å². The van der Waals surface area contributed by atoms with Crippen molar-refractivity contribution < 1.29 is 13.9 Å². The maximum atomic E-state index is 12.9. The Morgan fingerprint density at radius 2 is 1.86 bits per heavy atom. The van der Waals surface area contributed by atoms with Crippen molar-refractivity contribution in [2.75, 3.05) is 6.79 Å². The van der Waals surface area contributed by atoms with Crippen molar-refractivity contribution in [2.24, 2.45) is 0 Å². The number of nitrogens with one attached hydrogen (secondary N) is 1. The molecule has 0 radical (unpaired) electrons. The van der Waals surface area contributed by atoms with Crippen LogP contribution < -0.4 is 14.8 Å². The van der Waals surface area contributed by atoms with E-state index in [0.717, 1.165) is 27.1 Å². The van der Waals surface area contributed by atoms with E-state index in [1.54, 1.807) is 12.1 Å². The molecule has 0 amide bonds. The van der Waals surface area contributed by atoms with Crippen LogP contribution in [-0.4, -0.2) is 6.79 Å². The fraction of sp³-hybridized carbons (Fsp3) is 0.250. The first-order valence-corrected chi connectivity index (χ1v) is 7.49. The van der Waals surface area contributed by atoms with E-state index in [1.807, 2.05) is 19.1 Å². The van der Waals surface area contributed by atoms with Crippen molar-refractivity contribution in [1.29, 1.82) is 0 Å². The van der Waals surface area contributed by atoms with E-state index in [4.69, 9.17) is 9.47 Å². The minimum absolute atomic E-state index is 0.128. The third-order valence-electron chi connectivity index (χ3n) is 3.51. The Labute approximate surface area is 131 Å². The molecule has 1 aliphatic rings. The largest absolute Gasteiger partial charge is 0.454 e. The van der Waals surface area contributed by atoms with E-state index in [-0.39, 0.29) is 18.7 Å². The van der Waals surface area contributed by atoms with E-state index in [9.17, 15) is 4.39 Å². The number of fused-ring (bicyclic) bond motifs is 1. The molecular formula is C16H15BrFNO2. The summed E-state index contributed by atoms with van der Waals surface area (Å²) in [6.45, 7) is 2.99. The molecule has 1 aliphatic heterocycles. The number of rotatable bonds is 4. The second-order valence-electron chi connectivity index (χ2n) is 4.95. The van der Waals surface area contributed by atoms with Crippen LogP contribution in [0.1, 0.15) is 24.1 Å². The molecule has 0 aliphatic carbocycles. The van der Waals surface area contributed by atoms with E-state index >= 15 is 0 Å². The zero-order valence-electron chi connectivity index (χ0n) is 11.5. The molecule has 1 unspecified atom stereocenters. The Balaban J connectivity index is 1.68. The maximum absolute atomic E-state index is 12.9. The molecule has 2 aromatic rings. The van der Waals surface area contributed by atoms with Crippen molar-refractivity contribution in [3.05, 3.63) is 57.8 Å². The zero-order valence-corrected chi connectivity index (χ0v) is 13.1. The molecule has 110 valence electrons. The van der Waals surface area contributed by atoms with Gasteiger partial charge in [-0.05, 0) is 42.3 Å². The highest BCUT2D eigenvalue weighted by atomic mass is 79.9. The van der Waals surface area contributed by atoms with Crippen LogP contribution in [0.3, 0.4) is 0 Å². The monoisotopic (exact) mass is 351 g/mol. The summed E-state index contributed by atoms with van der Waals surface area (Å²) in [6.07, 6.45) is 0. The van der Waals surface area contributed by atoms with Crippen LogP contribution in [0.4, 0.5) is 4.39 Å². The highest BCUT2D eigenvalue weighted by molar-refractivity contribution is 9.10. The molecule has 0 aromatic heterocycles. The summed E-state index contributed by atoms with van der Waals surface area (Å²) >= 11 is 3.54. The second kappa shape index (κ2) is 6.03. The molecule has 2 aromatic carbocycles. The van der Waals surface area contributed by atoms with Crippen molar-refractivity contribution in [2.45, 2.75) is 19.5 Å². The molecule has 1 N–H and O–H groups in total. The van der Waals surface area contributed by atoms with Gasteiger partial charge in [-0.15, -0.1) is 0 Å². The van der Waals surface area contributed by atoms with E-state index in [0.29, 0.717) is 6.54 Å². The van der Waals surface area contributed by atoms with Crippen LogP contribution >= 0.6 is 15.9 Å². The molecule has 0 spiro atoms. The highest BCUT2D eigenvalue weighted by Gasteiger charge is 2.16. The lowest BCUT2D eigenvalue weighted by atomic mass is 10.1. The van der Waals surface area contributed by atoms with Crippen LogP contribution in [0.15, 0.2) is 40.9 Å². The average molecular weight is 352 g/mol. The predicted octanol–water partition coefficient (Wildman–Crippen LogP) is 4.17. The van der Waals surface area contributed by atoms with Crippen molar-refractivity contribution in [1.82, 2.24) is 5.32 Å². The number of benzene rings is 2. The van der Waals surface area contributed by atoms with Crippen LogP contribution in [0.2, 0.25) is 0 Å². The van der Waals surface area contributed by atoms with Gasteiger partial charge < -0.3 is 14.8 Å². The molecule has 21 heavy (non-hydrogen) atoms. The van der Waals surface area contributed by atoms with Gasteiger partial charge in [-0.1, -0.05) is 28.1 Å². The second-order valence-corrected chi connectivity index (χ2v) is 5.81. The van der Waals surface area contributed by atoms with Gasteiger partial charge in [0.15, 0.2) is 11.5 Å². The van der Waals surface area contributed by atoms with Gasteiger partial charge in [-0.3, -0.25) is 0 Å². The first kappa shape index (κ1) is 14.4. The van der Waals surface area contributed by atoms with Crippen LogP contribution in [0.5, 0.6) is 11.5 Å². The van der Waals surface area contributed by atoms with Gasteiger partial charge in [0, 0.05) is 17.1 Å². The molecule has 1 heterocycles. The Morgan fingerprint density at radius 1 is 1.19 bits per heavy atom. The fourth-order valence-electron chi connectivity index (χ4n) is 2.23. The van der Waals surface area contributed by atoms with Crippen molar-refractivity contribution >= 4 is 15.9 Å². The Bertz CT molecular complexity index is 645. The summed E-state index contributed by atoms with van der Waals surface area (Å²) in [6, 6.07) is 10.6. The lowest BCUT2D eigenvalue weighted by molar-refractivity contribution is 0.174. The summed E-state index contributed by atoms with van der Waals surface area (Å²) in [4.78, 5) is 0. The average Bonchev–Trinajstić information content (AvgIpc) is 2.92. The Kier molecular flexibility index (Phi) is 4.12. The molecule has 3 nitrogen and oxygen atoms in total. The van der Waals surface area contributed by atoms with Gasteiger partial charge in [-0.25, -0.2) is 4.39 Å². The molecule has 5 heteroatoms. The molecule has 0 bridgehead atoms. The van der Waals surface area contributed by atoms with E-state index in [1.165, 1.54) is 12.1 Å². The van der Waals surface area contributed by atoms with Gasteiger partial charge >= 0.3 is 0 Å². The van der Waals surface area contributed by atoms with Gasteiger partial charge in [0.05, 0.1) is 0 Å². The minimum Gasteiger partial charge on any atom is -0.454 e. The third kappa shape index (κ3) is 3.19. The summed E-state index contributed by atoms with van der Waals surface area (Å²) in [7, 11) is 0. The first-order valence-electron chi connectivity index (χ1n) is 6.70. The Morgan fingerprint density at radius 3 is 2.57 bits per heavy atom. The smallest absolute Gasteiger partial charge is 0.231 e. The molecule has 3 rings (SSSR count). The number of hydrogen-bond acceptors (Lipinski definition) is 3. The number of halogens is 2. The molecule has 1 atom stereocenters. The quantitative estimate of drug-likeness (QED) is 0.896. The fourth-order valence-corrected chi connectivity index (χ4v) is 2.69. The molecule has 0 saturated heterocycles. The van der Waals surface area contributed by atoms with Gasteiger partial charge in [-0.2, -0.15) is 0 Å². The molecular weight excluding hydrogens is 337 g/mol. The summed E-state index contributed by atoms with van der Waals surface area (Å²) in [5, 5.41) is 3.42. The van der Waals surface area contributed by atoms with Crippen LogP contribution in [0, 0.1) is 5.82 Å². The predicted molar refractivity (Wildman–Crippen MR) is 81.9 cm³/mol. The van der Waals surface area contributed by atoms with Crippen LogP contribution in [-0.2, 0) is 6.54 Å². The lowest BCUT2D eigenvalue weighted by Crippen LogP contribution is -2.18. The first-order chi connectivity index (χ1) is 10.1. The normalized spacial score (nSPS) is 14.2. The highest BCUT2D eigenvalue weighted by Crippen LogP contribution is 2.37. The van der Waals surface area contributed by atoms with Gasteiger partial charge in [0.2, 0.25) is 6.79 Å². The standard InChI is InChI=1S/C16H15BrFNO2/c1-10(11-2-4-13(18)5-3-11)19-8-12-6-15-16(7-14(12)17)21-9-20-15/h2-7,10,19H,8-9H2,1H3. The molecule has 0 saturated carbocycles. The number of ether oxygens (including phenoxy) is 2. The topological polar surface area (TPSA) is 30.5 Å². The minimum atomic E-state index is -0.218. The van der Waals surface area contributed by atoms with Crippen LogP contribution in [0.25, 0.3) is 0 Å². The third-order valence-corrected chi connectivity index (χ3v) is 4.25. The van der Waals surface area contributed by atoms with E-state index in [2.05, 4.69) is 21.2 Å². The molecule has 0 fully saturated rings. The van der Waals surface area contributed by atoms with Crippen molar-refractivity contribution in [3.63, 3.8) is 0 Å². The van der Waals surface area contributed by atoms with E-state index < -0.39 is 0 Å². The lowest BCUT2D eigenvalue weighted by Gasteiger charge is -2.15. The number of hydrogen-bond donors (Lipinski definition) is 1. The summed E-state index contributed by atoms with van der Waals surface area (Å²) in [5.74, 6) is 1.31.